The fourth-order valence-electron chi connectivity index (χ4n) is 2.56. The first kappa shape index (κ1) is 19.5. The second-order valence-corrected chi connectivity index (χ2v) is 6.81. The minimum absolute atomic E-state index is 0.136. The quantitative estimate of drug-likeness (QED) is 0.631. The lowest BCUT2D eigenvalue weighted by Crippen LogP contribution is -2.15. The van der Waals surface area contributed by atoms with E-state index in [9.17, 15) is 14.4 Å². The molecule has 9 nitrogen and oxygen atoms in total. The van der Waals surface area contributed by atoms with Gasteiger partial charge < -0.3 is 14.8 Å². The molecule has 0 unspecified atom stereocenters. The summed E-state index contributed by atoms with van der Waals surface area (Å²) in [5, 5.41) is 6.96. The molecule has 0 atom stereocenters. The topological polar surface area (TPSA) is 112 Å². The van der Waals surface area contributed by atoms with Crippen LogP contribution in [-0.4, -0.2) is 46.2 Å². The van der Waals surface area contributed by atoms with Crippen molar-refractivity contribution in [2.75, 3.05) is 19.0 Å². The van der Waals surface area contributed by atoms with Gasteiger partial charge in [-0.15, -0.1) is 11.3 Å². The van der Waals surface area contributed by atoms with Crippen LogP contribution in [0.25, 0.3) is 5.65 Å². The van der Waals surface area contributed by atoms with Gasteiger partial charge in [0.2, 0.25) is 0 Å². The molecule has 0 fully saturated rings. The van der Waals surface area contributed by atoms with Crippen LogP contribution in [0.2, 0.25) is 0 Å². The van der Waals surface area contributed by atoms with Crippen molar-refractivity contribution in [2.45, 2.75) is 20.3 Å². The molecule has 3 rings (SSSR count). The largest absolute Gasteiger partial charge is 0.465 e. The molecule has 0 aliphatic carbocycles. The summed E-state index contributed by atoms with van der Waals surface area (Å²) in [5.41, 5.74) is 1.14. The van der Waals surface area contributed by atoms with E-state index in [1.54, 1.807) is 25.4 Å². The Kier molecular flexibility index (Phi) is 5.69. The van der Waals surface area contributed by atoms with Crippen molar-refractivity contribution in [3.63, 3.8) is 0 Å². The number of anilines is 1. The van der Waals surface area contributed by atoms with Crippen LogP contribution in [0.5, 0.6) is 0 Å². The third kappa shape index (κ3) is 3.58. The Morgan fingerprint density at radius 3 is 2.79 bits per heavy atom. The van der Waals surface area contributed by atoms with Gasteiger partial charge in [0.25, 0.3) is 5.91 Å². The van der Waals surface area contributed by atoms with Crippen LogP contribution in [0, 0.1) is 6.92 Å². The summed E-state index contributed by atoms with van der Waals surface area (Å²) in [6.07, 6.45) is 5.24. The summed E-state index contributed by atoms with van der Waals surface area (Å²) >= 11 is 0.957. The highest BCUT2D eigenvalue weighted by molar-refractivity contribution is 7.18. The first-order valence-electron chi connectivity index (χ1n) is 8.46. The maximum Gasteiger partial charge on any atom is 0.348 e. The van der Waals surface area contributed by atoms with E-state index in [0.29, 0.717) is 17.6 Å². The lowest BCUT2D eigenvalue weighted by Gasteiger charge is -2.07. The second-order valence-electron chi connectivity index (χ2n) is 5.79. The molecular weight excluding hydrogens is 384 g/mol. The van der Waals surface area contributed by atoms with Crippen molar-refractivity contribution in [3.05, 3.63) is 46.2 Å². The number of esters is 2. The van der Waals surface area contributed by atoms with Gasteiger partial charge >= 0.3 is 11.9 Å². The number of aromatic nitrogens is 3. The van der Waals surface area contributed by atoms with Crippen LogP contribution in [0.4, 0.5) is 5.00 Å². The number of rotatable bonds is 6. The van der Waals surface area contributed by atoms with Gasteiger partial charge in [0.15, 0.2) is 5.65 Å². The van der Waals surface area contributed by atoms with E-state index in [2.05, 4.69) is 15.4 Å². The zero-order chi connectivity index (χ0) is 20.3. The Balaban J connectivity index is 1.98. The van der Waals surface area contributed by atoms with Crippen LogP contribution in [0.1, 0.15) is 49.3 Å². The van der Waals surface area contributed by atoms with Crippen LogP contribution in [-0.2, 0) is 9.47 Å². The molecule has 0 aliphatic rings. The van der Waals surface area contributed by atoms with E-state index in [4.69, 9.17) is 9.47 Å². The average Bonchev–Trinajstić information content (AvgIpc) is 3.26. The Morgan fingerprint density at radius 1 is 1.29 bits per heavy atom. The summed E-state index contributed by atoms with van der Waals surface area (Å²) in [4.78, 5) is 41.7. The number of nitrogens with one attached hydrogen (secondary N) is 1. The summed E-state index contributed by atoms with van der Waals surface area (Å²) in [7, 11) is 1.25. The summed E-state index contributed by atoms with van der Waals surface area (Å²) in [6, 6.07) is 1.69. The van der Waals surface area contributed by atoms with Gasteiger partial charge in [0.05, 0.1) is 25.5 Å². The Hall–Kier alpha value is -3.27. The monoisotopic (exact) mass is 402 g/mol. The van der Waals surface area contributed by atoms with Crippen LogP contribution >= 0.6 is 11.3 Å². The lowest BCUT2D eigenvalue weighted by molar-refractivity contribution is 0.0506. The third-order valence-electron chi connectivity index (χ3n) is 3.91. The Morgan fingerprint density at radius 2 is 2.07 bits per heavy atom. The number of fused-ring (bicyclic) bond motifs is 1. The molecule has 3 aromatic heterocycles. The number of carbonyl (C=O) groups is 3. The zero-order valence-electron chi connectivity index (χ0n) is 15.5. The van der Waals surface area contributed by atoms with E-state index in [1.165, 1.54) is 17.8 Å². The van der Waals surface area contributed by atoms with E-state index in [0.717, 1.165) is 11.3 Å². The molecule has 0 saturated heterocycles. The van der Waals surface area contributed by atoms with E-state index >= 15 is 0 Å². The first-order valence-corrected chi connectivity index (χ1v) is 9.28. The predicted molar refractivity (Wildman–Crippen MR) is 102 cm³/mol. The van der Waals surface area contributed by atoms with E-state index < -0.39 is 17.8 Å². The minimum Gasteiger partial charge on any atom is -0.465 e. The molecule has 3 heterocycles. The second kappa shape index (κ2) is 8.17. The molecular formula is C18H18N4O5S. The zero-order valence-corrected chi connectivity index (χ0v) is 16.3. The third-order valence-corrected chi connectivity index (χ3v) is 5.10. The highest BCUT2D eigenvalue weighted by Crippen LogP contribution is 2.34. The van der Waals surface area contributed by atoms with Crippen molar-refractivity contribution in [3.8, 4) is 0 Å². The number of nitrogens with zero attached hydrogens (tertiary/aromatic N) is 3. The summed E-state index contributed by atoms with van der Waals surface area (Å²) < 4.78 is 11.4. The number of amides is 1. The van der Waals surface area contributed by atoms with Crippen molar-refractivity contribution < 1.29 is 23.9 Å². The van der Waals surface area contributed by atoms with Gasteiger partial charge in [-0.1, -0.05) is 6.92 Å². The van der Waals surface area contributed by atoms with Gasteiger partial charge in [-0.3, -0.25) is 4.79 Å². The number of ether oxygens (including phenoxy) is 2. The molecule has 0 saturated carbocycles. The number of hydrogen-bond acceptors (Lipinski definition) is 8. The van der Waals surface area contributed by atoms with Crippen LogP contribution in [0.15, 0.2) is 24.7 Å². The predicted octanol–water partition coefficient (Wildman–Crippen LogP) is 2.70. The molecule has 0 radical (unpaired) electrons. The van der Waals surface area contributed by atoms with Gasteiger partial charge in [-0.05, 0) is 25.0 Å². The van der Waals surface area contributed by atoms with E-state index in [1.807, 2.05) is 6.92 Å². The van der Waals surface area contributed by atoms with Crippen molar-refractivity contribution in [2.24, 2.45) is 0 Å². The Bertz CT molecular complexity index is 1060. The SMILES string of the molecule is CCCOC(=O)c1c(NC(=O)c2cnn3cccnc23)sc(C(=O)OC)c1C. The van der Waals surface area contributed by atoms with Gasteiger partial charge in [0.1, 0.15) is 15.4 Å². The molecule has 3 aromatic rings. The molecule has 0 spiro atoms. The van der Waals surface area contributed by atoms with Gasteiger partial charge in [-0.2, -0.15) is 5.10 Å². The fourth-order valence-corrected chi connectivity index (χ4v) is 3.67. The molecule has 146 valence electrons. The molecule has 0 aromatic carbocycles. The smallest absolute Gasteiger partial charge is 0.348 e. The lowest BCUT2D eigenvalue weighted by atomic mass is 10.1. The highest BCUT2D eigenvalue weighted by Gasteiger charge is 2.28. The van der Waals surface area contributed by atoms with Crippen LogP contribution in [0.3, 0.4) is 0 Å². The first-order chi connectivity index (χ1) is 13.5. The number of hydrogen-bond donors (Lipinski definition) is 1. The van der Waals surface area contributed by atoms with E-state index in [-0.39, 0.29) is 27.6 Å². The standard InChI is InChI=1S/C18H18N4O5S/c1-4-8-27-17(24)12-10(2)13(18(25)26-3)28-16(12)21-15(23)11-9-20-22-7-5-6-19-14(11)22/h5-7,9H,4,8H2,1-3H3,(H,21,23). The fraction of sp³-hybridized carbons (Fsp3) is 0.278. The maximum absolute atomic E-state index is 12.8. The molecule has 1 amide bonds. The molecule has 28 heavy (non-hydrogen) atoms. The Labute approximate surface area is 164 Å². The number of thiophene rings is 1. The van der Waals surface area contributed by atoms with Crippen molar-refractivity contribution in [1.29, 1.82) is 0 Å². The summed E-state index contributed by atoms with van der Waals surface area (Å²) in [6.45, 7) is 3.71. The van der Waals surface area contributed by atoms with Crippen molar-refractivity contribution >= 4 is 39.8 Å². The molecule has 10 heteroatoms. The van der Waals surface area contributed by atoms with Gasteiger partial charge in [0, 0.05) is 12.4 Å². The molecule has 1 N–H and O–H groups in total. The highest BCUT2D eigenvalue weighted by atomic mass is 32.1. The maximum atomic E-state index is 12.8. The number of carbonyl (C=O) groups excluding carboxylic acids is 3. The molecule has 0 bridgehead atoms. The van der Waals surface area contributed by atoms with Crippen LogP contribution < -0.4 is 5.32 Å². The normalized spacial score (nSPS) is 10.7. The summed E-state index contributed by atoms with van der Waals surface area (Å²) in [5.74, 6) is -1.71. The number of methoxy groups -OCH3 is 1. The molecule has 0 aliphatic heterocycles. The van der Waals surface area contributed by atoms with Crippen molar-refractivity contribution in [1.82, 2.24) is 14.6 Å². The minimum atomic E-state index is -0.612. The average molecular weight is 402 g/mol. The van der Waals surface area contributed by atoms with Gasteiger partial charge in [-0.25, -0.2) is 19.1 Å².